The molecule has 0 atom stereocenters. The lowest BCUT2D eigenvalue weighted by molar-refractivity contribution is 0.105. The van der Waals surface area contributed by atoms with Gasteiger partial charge in [0.05, 0.1) is 19.8 Å². The van der Waals surface area contributed by atoms with Crippen LogP contribution in [0.3, 0.4) is 0 Å². The van der Waals surface area contributed by atoms with E-state index < -0.39 is 0 Å². The Bertz CT molecular complexity index is 764. The second-order valence-electron chi connectivity index (χ2n) is 4.84. The van der Waals surface area contributed by atoms with E-state index in [1.807, 2.05) is 30.3 Å². The summed E-state index contributed by atoms with van der Waals surface area (Å²) in [7, 11) is 3.06. The van der Waals surface area contributed by atoms with Crippen molar-refractivity contribution in [2.45, 2.75) is 6.42 Å². The van der Waals surface area contributed by atoms with Crippen LogP contribution in [0, 0.1) is 11.8 Å². The predicted octanol–water partition coefficient (Wildman–Crippen LogP) is 3.99. The van der Waals surface area contributed by atoms with Crippen molar-refractivity contribution in [1.82, 2.24) is 0 Å². The van der Waals surface area contributed by atoms with Gasteiger partial charge in [-0.05, 0) is 35.3 Å². The maximum Gasteiger partial charge on any atom is 0.239 e. The molecular weight excluding hydrogens is 288 g/mol. The van der Waals surface area contributed by atoms with Crippen LogP contribution in [0.2, 0.25) is 0 Å². The van der Waals surface area contributed by atoms with Crippen molar-refractivity contribution < 1.29 is 14.3 Å². The summed E-state index contributed by atoms with van der Waals surface area (Å²) in [6.07, 6.45) is 0.433. The lowest BCUT2D eigenvalue weighted by atomic mass is 10.0. The second-order valence-corrected chi connectivity index (χ2v) is 4.84. The third-order valence-corrected chi connectivity index (χ3v) is 3.34. The highest BCUT2D eigenvalue weighted by Gasteiger charge is 2.11. The number of ether oxygens (including phenoxy) is 2. The maximum atomic E-state index is 12.3. The molecule has 0 amide bonds. The van der Waals surface area contributed by atoms with Gasteiger partial charge in [-0.25, -0.2) is 0 Å². The average Bonchev–Trinajstić information content (AvgIpc) is 2.61. The molecule has 0 aliphatic carbocycles. The van der Waals surface area contributed by atoms with Gasteiger partial charge in [0.1, 0.15) is 11.5 Å². The summed E-state index contributed by atoms with van der Waals surface area (Å²) in [5.41, 5.74) is 2.29. The fourth-order valence-electron chi connectivity index (χ4n) is 2.07. The zero-order chi connectivity index (χ0) is 16.7. The molecule has 0 saturated heterocycles. The van der Waals surface area contributed by atoms with Gasteiger partial charge < -0.3 is 9.47 Å². The lowest BCUT2D eigenvalue weighted by Gasteiger charge is -2.07. The van der Waals surface area contributed by atoms with Gasteiger partial charge in [0.15, 0.2) is 0 Å². The molecule has 0 aliphatic rings. The molecule has 0 N–H and O–H groups in total. The molecule has 0 aliphatic heterocycles. The van der Waals surface area contributed by atoms with E-state index in [-0.39, 0.29) is 5.78 Å². The monoisotopic (exact) mass is 306 g/mol. The summed E-state index contributed by atoms with van der Waals surface area (Å²) < 4.78 is 10.3. The Morgan fingerprint density at radius 1 is 1.09 bits per heavy atom. The van der Waals surface area contributed by atoms with E-state index in [1.54, 1.807) is 25.3 Å². The third-order valence-electron chi connectivity index (χ3n) is 3.34. The number of carbonyl (C=O) groups is 1. The van der Waals surface area contributed by atoms with Crippen LogP contribution in [0.5, 0.6) is 11.5 Å². The number of ketones is 1. The second kappa shape index (κ2) is 7.86. The van der Waals surface area contributed by atoms with Crippen LogP contribution in [-0.4, -0.2) is 20.0 Å². The number of benzene rings is 2. The van der Waals surface area contributed by atoms with Gasteiger partial charge in [-0.2, -0.15) is 0 Å². The van der Waals surface area contributed by atoms with Crippen LogP contribution < -0.4 is 9.47 Å². The van der Waals surface area contributed by atoms with Crippen LogP contribution in [0.1, 0.15) is 22.3 Å². The summed E-state index contributed by atoms with van der Waals surface area (Å²) in [6, 6.07) is 14.8. The molecule has 0 aromatic heterocycles. The van der Waals surface area contributed by atoms with Crippen molar-refractivity contribution in [2.24, 2.45) is 0 Å². The molecular formula is C20H18O3. The van der Waals surface area contributed by atoms with Gasteiger partial charge >= 0.3 is 0 Å². The Morgan fingerprint density at radius 2 is 1.83 bits per heavy atom. The van der Waals surface area contributed by atoms with Crippen molar-refractivity contribution in [1.29, 1.82) is 0 Å². The van der Waals surface area contributed by atoms with Crippen molar-refractivity contribution >= 4 is 11.4 Å². The quantitative estimate of drug-likeness (QED) is 0.476. The molecule has 0 unspecified atom stereocenters. The first-order valence-electron chi connectivity index (χ1n) is 7.14. The molecule has 0 spiro atoms. The van der Waals surface area contributed by atoms with Gasteiger partial charge in [-0.15, -0.1) is 0 Å². The number of carbonyl (C=O) groups excluding carboxylic acids is 1. The number of Topliss-reactive ketones (excluding diaryl/α,β-unsaturated/α-hetero) is 1. The first-order chi connectivity index (χ1) is 11.2. The minimum absolute atomic E-state index is 0.304. The number of hydrogen-bond acceptors (Lipinski definition) is 3. The van der Waals surface area contributed by atoms with E-state index in [1.165, 1.54) is 7.11 Å². The number of methoxy groups -OCH3 is 2. The lowest BCUT2D eigenvalue weighted by Crippen LogP contribution is -2.00. The molecule has 0 saturated carbocycles. The molecule has 116 valence electrons. The smallest absolute Gasteiger partial charge is 0.239 e. The van der Waals surface area contributed by atoms with Crippen LogP contribution in [0.4, 0.5) is 0 Å². The Hall–Kier alpha value is -2.99. The minimum atomic E-state index is -0.304. The van der Waals surface area contributed by atoms with Crippen LogP contribution >= 0.6 is 0 Å². The van der Waals surface area contributed by atoms with Crippen molar-refractivity contribution in [3.05, 3.63) is 66.2 Å². The molecule has 3 heteroatoms. The van der Waals surface area contributed by atoms with Gasteiger partial charge in [0, 0.05) is 6.42 Å². The van der Waals surface area contributed by atoms with Gasteiger partial charge in [-0.1, -0.05) is 42.8 Å². The first-order valence-corrected chi connectivity index (χ1v) is 7.14. The van der Waals surface area contributed by atoms with Gasteiger partial charge in [0.25, 0.3) is 0 Å². The fourth-order valence-corrected chi connectivity index (χ4v) is 2.07. The van der Waals surface area contributed by atoms with Gasteiger partial charge in [0.2, 0.25) is 5.78 Å². The Kier molecular flexibility index (Phi) is 5.60. The molecule has 23 heavy (non-hydrogen) atoms. The molecule has 0 radical (unpaired) electrons. The van der Waals surface area contributed by atoms with Crippen LogP contribution in [-0.2, 0) is 0 Å². The largest absolute Gasteiger partial charge is 0.497 e. The first kappa shape index (κ1) is 16.4. The summed E-state index contributed by atoms with van der Waals surface area (Å²) in [5.74, 6) is 6.28. The van der Waals surface area contributed by atoms with E-state index >= 15 is 0 Å². The highest BCUT2D eigenvalue weighted by Crippen LogP contribution is 2.24. The molecule has 3 nitrogen and oxygen atoms in total. The fraction of sp³-hybridized carbons (Fsp3) is 0.150. The zero-order valence-electron chi connectivity index (χ0n) is 13.3. The highest BCUT2D eigenvalue weighted by molar-refractivity contribution is 6.11. The van der Waals surface area contributed by atoms with Gasteiger partial charge in [-0.3, -0.25) is 4.79 Å². The molecule has 2 rings (SSSR count). The van der Waals surface area contributed by atoms with Crippen molar-refractivity contribution in [2.75, 3.05) is 14.2 Å². The number of allylic oxidation sites excluding steroid dienone is 1. The van der Waals surface area contributed by atoms with E-state index in [0.717, 1.165) is 11.1 Å². The summed E-state index contributed by atoms with van der Waals surface area (Å²) in [5, 5.41) is 0. The third kappa shape index (κ3) is 4.24. The summed E-state index contributed by atoms with van der Waals surface area (Å²) in [4.78, 5) is 12.3. The molecule has 0 fully saturated rings. The SMILES string of the molecule is C=C(CC#CC(=O)c1cc(OC)ccc1OC)c1ccccc1. The van der Waals surface area contributed by atoms with E-state index in [2.05, 4.69) is 18.4 Å². The van der Waals surface area contributed by atoms with E-state index in [9.17, 15) is 4.79 Å². The Labute approximate surface area is 136 Å². The number of rotatable bonds is 5. The average molecular weight is 306 g/mol. The highest BCUT2D eigenvalue weighted by atomic mass is 16.5. The zero-order valence-corrected chi connectivity index (χ0v) is 13.3. The van der Waals surface area contributed by atoms with Crippen LogP contribution in [0.25, 0.3) is 5.57 Å². The Balaban J connectivity index is 2.12. The van der Waals surface area contributed by atoms with E-state index in [0.29, 0.717) is 23.5 Å². The van der Waals surface area contributed by atoms with Crippen LogP contribution in [0.15, 0.2) is 55.1 Å². The maximum absolute atomic E-state index is 12.3. The Morgan fingerprint density at radius 3 is 2.48 bits per heavy atom. The summed E-state index contributed by atoms with van der Waals surface area (Å²) in [6.45, 7) is 4.00. The predicted molar refractivity (Wildman–Crippen MR) is 91.7 cm³/mol. The van der Waals surface area contributed by atoms with Crippen molar-refractivity contribution in [3.8, 4) is 23.3 Å². The molecule has 2 aromatic carbocycles. The topological polar surface area (TPSA) is 35.5 Å². The summed E-state index contributed by atoms with van der Waals surface area (Å²) >= 11 is 0. The molecule has 0 heterocycles. The minimum Gasteiger partial charge on any atom is -0.497 e. The standard InChI is InChI=1S/C20H18O3/c1-15(16-9-5-4-6-10-16)8-7-11-19(21)18-14-17(22-2)12-13-20(18)23-3/h4-6,9-10,12-14H,1,8H2,2-3H3. The molecule has 0 bridgehead atoms. The normalized spacial score (nSPS) is 9.48. The van der Waals surface area contributed by atoms with E-state index in [4.69, 9.17) is 9.47 Å². The number of hydrogen-bond donors (Lipinski definition) is 0. The molecule has 2 aromatic rings. The van der Waals surface area contributed by atoms with Crippen molar-refractivity contribution in [3.63, 3.8) is 0 Å².